The fourth-order valence-corrected chi connectivity index (χ4v) is 4.55. The SMILES string of the molecule is Nc1nc(NCCN2CCN(c3ccc(C(=O)NCCNCCO)cc3F)CC2)nc2cc(-c3ccco3)nn12. The van der Waals surface area contributed by atoms with Crippen molar-refractivity contribution in [3.8, 4) is 11.5 Å². The summed E-state index contributed by atoms with van der Waals surface area (Å²) < 4.78 is 21.7. The van der Waals surface area contributed by atoms with Crippen molar-refractivity contribution in [3.63, 3.8) is 0 Å². The van der Waals surface area contributed by atoms with Crippen LogP contribution in [0.15, 0.2) is 47.1 Å². The van der Waals surface area contributed by atoms with E-state index in [2.05, 4.69) is 35.9 Å². The smallest absolute Gasteiger partial charge is 0.251 e. The number of hydrogen-bond acceptors (Lipinski definition) is 11. The first-order chi connectivity index (χ1) is 19.5. The van der Waals surface area contributed by atoms with Gasteiger partial charge in [-0.2, -0.15) is 19.6 Å². The highest BCUT2D eigenvalue weighted by Gasteiger charge is 2.20. The first-order valence-corrected chi connectivity index (χ1v) is 13.2. The summed E-state index contributed by atoms with van der Waals surface area (Å²) in [6.07, 6.45) is 1.58. The molecule has 5 rings (SSSR count). The number of halogens is 1. The summed E-state index contributed by atoms with van der Waals surface area (Å²) in [6, 6.07) is 9.98. The zero-order valence-electron chi connectivity index (χ0n) is 22.0. The lowest BCUT2D eigenvalue weighted by Crippen LogP contribution is -2.48. The number of furan rings is 1. The van der Waals surface area contributed by atoms with E-state index in [1.54, 1.807) is 30.5 Å². The predicted molar refractivity (Wildman–Crippen MR) is 149 cm³/mol. The predicted octanol–water partition coefficient (Wildman–Crippen LogP) is 0.651. The molecule has 4 aromatic rings. The van der Waals surface area contributed by atoms with Gasteiger partial charge in [0.25, 0.3) is 5.91 Å². The molecule has 0 unspecified atom stereocenters. The Kier molecular flexibility index (Phi) is 8.68. The summed E-state index contributed by atoms with van der Waals surface area (Å²) in [5, 5.41) is 22.1. The quantitative estimate of drug-likeness (QED) is 0.157. The first-order valence-electron chi connectivity index (χ1n) is 13.2. The Morgan fingerprint density at radius 3 is 2.67 bits per heavy atom. The second kappa shape index (κ2) is 12.7. The fourth-order valence-electron chi connectivity index (χ4n) is 4.55. The zero-order valence-corrected chi connectivity index (χ0v) is 22.0. The number of hydrogen-bond donors (Lipinski definition) is 5. The molecule has 1 amide bonds. The second-order valence-electron chi connectivity index (χ2n) is 9.33. The molecule has 0 spiro atoms. The number of nitrogens with zero attached hydrogens (tertiary/aromatic N) is 6. The van der Waals surface area contributed by atoms with Gasteiger partial charge in [-0.15, -0.1) is 0 Å². The number of benzene rings is 1. The minimum atomic E-state index is -0.415. The third-order valence-electron chi connectivity index (χ3n) is 6.63. The van der Waals surface area contributed by atoms with Crippen molar-refractivity contribution < 1.29 is 18.7 Å². The molecule has 4 heterocycles. The lowest BCUT2D eigenvalue weighted by atomic mass is 10.1. The highest BCUT2D eigenvalue weighted by atomic mass is 19.1. The fraction of sp³-hybridized carbons (Fsp3) is 0.385. The van der Waals surface area contributed by atoms with E-state index in [0.717, 1.165) is 19.6 Å². The van der Waals surface area contributed by atoms with E-state index in [4.69, 9.17) is 15.3 Å². The van der Waals surface area contributed by atoms with Gasteiger partial charge in [-0.05, 0) is 30.3 Å². The van der Waals surface area contributed by atoms with Crippen LogP contribution < -0.4 is 26.6 Å². The zero-order chi connectivity index (χ0) is 27.9. The standard InChI is InChI=1S/C26H33FN10O3/c27-19-16-18(24(39)30-6-5-29-8-14-38)3-4-21(19)36-12-10-35(11-13-36)9-7-31-26-32-23-17-20(22-2-1-15-40-22)34-37(23)25(28)33-26/h1-4,15-17,29,38H,5-14H2,(H,30,39)(H3,28,31,32,33). The summed E-state index contributed by atoms with van der Waals surface area (Å²) in [7, 11) is 0. The maximum Gasteiger partial charge on any atom is 0.251 e. The van der Waals surface area contributed by atoms with Gasteiger partial charge in [0.15, 0.2) is 11.4 Å². The summed E-state index contributed by atoms with van der Waals surface area (Å²) in [4.78, 5) is 25.4. The molecule has 0 aliphatic carbocycles. The number of piperazine rings is 1. The van der Waals surface area contributed by atoms with Gasteiger partial charge in [0.2, 0.25) is 11.9 Å². The number of nitrogens with two attached hydrogens (primary N) is 1. The average molecular weight is 553 g/mol. The molecular formula is C26H33FN10O3. The summed E-state index contributed by atoms with van der Waals surface area (Å²) in [5.41, 5.74) is 8.04. The van der Waals surface area contributed by atoms with Gasteiger partial charge in [-0.3, -0.25) is 9.69 Å². The molecule has 1 aliphatic rings. The Labute approximate surface area is 230 Å². The third kappa shape index (κ3) is 6.47. The van der Waals surface area contributed by atoms with Gasteiger partial charge in [-0.25, -0.2) is 4.39 Å². The van der Waals surface area contributed by atoms with Crippen LogP contribution in [-0.2, 0) is 0 Å². The molecule has 6 N–H and O–H groups in total. The van der Waals surface area contributed by atoms with E-state index in [9.17, 15) is 9.18 Å². The van der Waals surface area contributed by atoms with Crippen molar-refractivity contribution in [3.05, 3.63) is 54.0 Å². The molecule has 0 saturated carbocycles. The summed E-state index contributed by atoms with van der Waals surface area (Å²) >= 11 is 0. The van der Waals surface area contributed by atoms with E-state index in [1.165, 1.54) is 10.6 Å². The van der Waals surface area contributed by atoms with Crippen molar-refractivity contribution in [2.24, 2.45) is 0 Å². The van der Waals surface area contributed by atoms with E-state index >= 15 is 0 Å². The number of anilines is 3. The summed E-state index contributed by atoms with van der Waals surface area (Å²) in [6.45, 7) is 5.65. The van der Waals surface area contributed by atoms with Crippen molar-refractivity contribution in [1.82, 2.24) is 35.1 Å². The van der Waals surface area contributed by atoms with Gasteiger partial charge in [0.05, 0.1) is 18.6 Å². The number of nitrogens with one attached hydrogen (secondary N) is 3. The molecule has 0 bridgehead atoms. The van der Waals surface area contributed by atoms with Crippen molar-refractivity contribution >= 4 is 29.1 Å². The number of rotatable bonds is 12. The van der Waals surface area contributed by atoms with Crippen LogP contribution >= 0.6 is 0 Å². The van der Waals surface area contributed by atoms with Crippen LogP contribution in [0.25, 0.3) is 17.1 Å². The van der Waals surface area contributed by atoms with Gasteiger partial charge >= 0.3 is 0 Å². The molecule has 13 nitrogen and oxygen atoms in total. The van der Waals surface area contributed by atoms with E-state index in [0.29, 0.717) is 68.0 Å². The number of fused-ring (bicyclic) bond motifs is 1. The average Bonchev–Trinajstić information content (AvgIpc) is 3.64. The Morgan fingerprint density at radius 1 is 1.07 bits per heavy atom. The van der Waals surface area contributed by atoms with Crippen LogP contribution in [0.2, 0.25) is 0 Å². The van der Waals surface area contributed by atoms with Crippen LogP contribution in [0.4, 0.5) is 22.0 Å². The minimum Gasteiger partial charge on any atom is -0.463 e. The second-order valence-corrected chi connectivity index (χ2v) is 9.33. The Balaban J connectivity index is 1.08. The van der Waals surface area contributed by atoms with Gasteiger partial charge < -0.3 is 36.1 Å². The molecule has 1 aromatic carbocycles. The molecule has 40 heavy (non-hydrogen) atoms. The maximum absolute atomic E-state index is 14.9. The molecule has 0 atom stereocenters. The van der Waals surface area contributed by atoms with E-state index in [1.807, 2.05) is 11.0 Å². The highest BCUT2D eigenvalue weighted by molar-refractivity contribution is 5.94. The number of aromatic nitrogens is 4. The molecule has 1 saturated heterocycles. The number of amides is 1. The molecule has 14 heteroatoms. The lowest BCUT2D eigenvalue weighted by Gasteiger charge is -2.36. The topological polar surface area (TPSA) is 162 Å². The highest BCUT2D eigenvalue weighted by Crippen LogP contribution is 2.23. The van der Waals surface area contributed by atoms with Crippen molar-refractivity contribution in [2.75, 3.05) is 81.5 Å². The molecule has 0 radical (unpaired) electrons. The number of nitrogen functional groups attached to an aromatic ring is 1. The molecule has 212 valence electrons. The van der Waals surface area contributed by atoms with Crippen LogP contribution in [0, 0.1) is 5.82 Å². The van der Waals surface area contributed by atoms with E-state index < -0.39 is 5.82 Å². The largest absolute Gasteiger partial charge is 0.463 e. The third-order valence-corrected chi connectivity index (χ3v) is 6.63. The van der Waals surface area contributed by atoms with Crippen LogP contribution in [0.5, 0.6) is 0 Å². The van der Waals surface area contributed by atoms with Gasteiger partial charge in [-0.1, -0.05) is 0 Å². The van der Waals surface area contributed by atoms with Crippen LogP contribution in [0.1, 0.15) is 10.4 Å². The molecule has 1 aliphatic heterocycles. The first kappa shape index (κ1) is 27.3. The molecule has 1 fully saturated rings. The number of carbonyl (C=O) groups is 1. The minimum absolute atomic E-state index is 0.0364. The van der Waals surface area contributed by atoms with Crippen molar-refractivity contribution in [2.45, 2.75) is 0 Å². The normalized spacial score (nSPS) is 14.1. The van der Waals surface area contributed by atoms with Gasteiger partial charge in [0, 0.05) is 70.5 Å². The number of carbonyl (C=O) groups excluding carboxylic acids is 1. The Hall–Kier alpha value is -4.27. The number of aliphatic hydroxyl groups is 1. The lowest BCUT2D eigenvalue weighted by molar-refractivity contribution is 0.0953. The van der Waals surface area contributed by atoms with E-state index in [-0.39, 0.29) is 24.0 Å². The molecule has 3 aromatic heterocycles. The Bertz CT molecular complexity index is 1420. The monoisotopic (exact) mass is 552 g/mol. The Morgan fingerprint density at radius 2 is 1.93 bits per heavy atom. The molecular weight excluding hydrogens is 519 g/mol. The van der Waals surface area contributed by atoms with Crippen molar-refractivity contribution in [1.29, 1.82) is 0 Å². The summed E-state index contributed by atoms with van der Waals surface area (Å²) in [5.74, 6) is 0.520. The van der Waals surface area contributed by atoms with Gasteiger partial charge in [0.1, 0.15) is 11.5 Å². The number of aliphatic hydroxyl groups excluding tert-OH is 1. The van der Waals surface area contributed by atoms with Crippen LogP contribution in [-0.4, -0.2) is 101 Å². The van der Waals surface area contributed by atoms with Crippen LogP contribution in [0.3, 0.4) is 0 Å². The maximum atomic E-state index is 14.9.